The smallest absolute Gasteiger partial charge is 0.0774 e. The van der Waals surface area contributed by atoms with Crippen LogP contribution in [0.3, 0.4) is 0 Å². The van der Waals surface area contributed by atoms with Crippen molar-refractivity contribution in [1.29, 1.82) is 0 Å². The topological polar surface area (TPSA) is 35.5 Å². The van der Waals surface area contributed by atoms with Crippen LogP contribution in [0.4, 0.5) is 0 Å². The molecule has 0 unspecified atom stereocenters. The summed E-state index contributed by atoms with van der Waals surface area (Å²) < 4.78 is 0. The van der Waals surface area contributed by atoms with Crippen LogP contribution in [-0.4, -0.2) is 48.8 Å². The van der Waals surface area contributed by atoms with Gasteiger partial charge in [0.1, 0.15) is 0 Å². The zero-order chi connectivity index (χ0) is 15.3. The Balaban J connectivity index is 1.83. The van der Waals surface area contributed by atoms with Gasteiger partial charge in [0.15, 0.2) is 0 Å². The van der Waals surface area contributed by atoms with E-state index in [0.717, 1.165) is 44.9 Å². The monoisotopic (exact) mass is 296 g/mol. The van der Waals surface area contributed by atoms with Gasteiger partial charge in [-0.2, -0.15) is 0 Å². The molecule has 0 aliphatic heterocycles. The molecule has 2 N–H and O–H groups in total. The van der Waals surface area contributed by atoms with Gasteiger partial charge < -0.3 is 15.3 Å². The van der Waals surface area contributed by atoms with Crippen molar-refractivity contribution < 1.29 is 5.11 Å². The molecule has 0 spiro atoms. The molecule has 0 saturated heterocycles. The standard InChI is InChI=1S/C18H36N2O/c1-16(2)12-19-13-17(8-4-5-9-17)14-20(3)15-18(21)10-6-7-11-18/h16,19,21H,4-15H2,1-3H3. The first-order valence-electron chi connectivity index (χ1n) is 9.05. The van der Waals surface area contributed by atoms with Gasteiger partial charge in [0.25, 0.3) is 0 Å². The van der Waals surface area contributed by atoms with Crippen LogP contribution < -0.4 is 5.32 Å². The van der Waals surface area contributed by atoms with E-state index in [1.54, 1.807) is 0 Å². The number of hydrogen-bond donors (Lipinski definition) is 2. The molecule has 2 fully saturated rings. The zero-order valence-corrected chi connectivity index (χ0v) is 14.5. The summed E-state index contributed by atoms with van der Waals surface area (Å²) in [5.74, 6) is 0.723. The number of nitrogens with zero attached hydrogens (tertiary/aromatic N) is 1. The Morgan fingerprint density at radius 1 is 1.00 bits per heavy atom. The van der Waals surface area contributed by atoms with E-state index >= 15 is 0 Å². The highest BCUT2D eigenvalue weighted by Gasteiger charge is 2.37. The third kappa shape index (κ3) is 5.22. The van der Waals surface area contributed by atoms with Crippen LogP contribution in [0.25, 0.3) is 0 Å². The molecule has 0 atom stereocenters. The molecular weight excluding hydrogens is 260 g/mol. The second-order valence-corrected chi connectivity index (χ2v) is 8.34. The summed E-state index contributed by atoms with van der Waals surface area (Å²) in [5, 5.41) is 14.3. The third-order valence-corrected chi connectivity index (χ3v) is 5.42. The molecule has 21 heavy (non-hydrogen) atoms. The molecule has 124 valence electrons. The largest absolute Gasteiger partial charge is 0.389 e. The summed E-state index contributed by atoms with van der Waals surface area (Å²) in [4.78, 5) is 2.41. The lowest BCUT2D eigenvalue weighted by molar-refractivity contribution is 0.00563. The molecule has 0 aromatic heterocycles. The van der Waals surface area contributed by atoms with E-state index < -0.39 is 5.60 Å². The maximum Gasteiger partial charge on any atom is 0.0774 e. The van der Waals surface area contributed by atoms with Crippen molar-refractivity contribution in [2.75, 3.05) is 33.2 Å². The minimum atomic E-state index is -0.403. The molecule has 0 radical (unpaired) electrons. The number of nitrogens with one attached hydrogen (secondary N) is 1. The van der Waals surface area contributed by atoms with Gasteiger partial charge in [-0.1, -0.05) is 39.5 Å². The van der Waals surface area contributed by atoms with E-state index in [1.807, 2.05) is 0 Å². The predicted octanol–water partition coefficient (Wildman–Crippen LogP) is 3.03. The van der Waals surface area contributed by atoms with E-state index in [-0.39, 0.29) is 0 Å². The highest BCUT2D eigenvalue weighted by molar-refractivity contribution is 4.92. The molecule has 3 nitrogen and oxygen atoms in total. The second-order valence-electron chi connectivity index (χ2n) is 8.34. The summed E-state index contributed by atoms with van der Waals surface area (Å²) in [5.41, 5.74) is 0.0402. The molecular formula is C18H36N2O. The molecule has 3 heteroatoms. The Labute approximate surface area is 131 Å². The van der Waals surface area contributed by atoms with Crippen LogP contribution >= 0.6 is 0 Å². The Kier molecular flexibility index (Phi) is 6.10. The van der Waals surface area contributed by atoms with Gasteiger partial charge in [0.05, 0.1) is 5.60 Å². The summed E-state index contributed by atoms with van der Waals surface area (Å²) in [6.07, 6.45) is 9.84. The average molecular weight is 296 g/mol. The maximum atomic E-state index is 10.6. The molecule has 2 aliphatic rings. The minimum Gasteiger partial charge on any atom is -0.389 e. The Hall–Kier alpha value is -0.120. The fourth-order valence-electron chi connectivity index (χ4n) is 4.46. The number of rotatable bonds is 8. The van der Waals surface area contributed by atoms with E-state index in [9.17, 15) is 5.11 Å². The Morgan fingerprint density at radius 3 is 2.14 bits per heavy atom. The molecule has 0 aromatic rings. The molecule has 2 aliphatic carbocycles. The van der Waals surface area contributed by atoms with E-state index in [2.05, 4.69) is 31.1 Å². The van der Waals surface area contributed by atoms with Crippen molar-refractivity contribution in [3.63, 3.8) is 0 Å². The Morgan fingerprint density at radius 2 is 1.57 bits per heavy atom. The molecule has 2 rings (SSSR count). The Bertz CT molecular complexity index is 304. The highest BCUT2D eigenvalue weighted by Crippen LogP contribution is 2.39. The first-order chi connectivity index (χ1) is 9.93. The minimum absolute atomic E-state index is 0.403. The molecule has 0 bridgehead atoms. The van der Waals surface area contributed by atoms with Crippen LogP contribution in [0, 0.1) is 11.3 Å². The summed E-state index contributed by atoms with van der Waals surface area (Å²) in [7, 11) is 2.21. The lowest BCUT2D eigenvalue weighted by atomic mass is 9.85. The van der Waals surface area contributed by atoms with Crippen LogP contribution in [0.1, 0.15) is 65.2 Å². The van der Waals surface area contributed by atoms with Crippen molar-refractivity contribution >= 4 is 0 Å². The third-order valence-electron chi connectivity index (χ3n) is 5.42. The fourth-order valence-corrected chi connectivity index (χ4v) is 4.46. The van der Waals surface area contributed by atoms with Gasteiger partial charge in [-0.25, -0.2) is 0 Å². The lowest BCUT2D eigenvalue weighted by Crippen LogP contribution is -2.46. The summed E-state index contributed by atoms with van der Waals surface area (Å²) in [6, 6.07) is 0. The van der Waals surface area contributed by atoms with Gasteiger partial charge in [0.2, 0.25) is 0 Å². The lowest BCUT2D eigenvalue weighted by Gasteiger charge is -2.37. The van der Waals surface area contributed by atoms with Crippen molar-refractivity contribution in [3.8, 4) is 0 Å². The number of hydrogen-bond acceptors (Lipinski definition) is 3. The molecule has 0 heterocycles. The van der Waals surface area contributed by atoms with Crippen LogP contribution in [-0.2, 0) is 0 Å². The quantitative estimate of drug-likeness (QED) is 0.723. The van der Waals surface area contributed by atoms with E-state index in [1.165, 1.54) is 38.5 Å². The fraction of sp³-hybridized carbons (Fsp3) is 1.00. The normalized spacial score (nSPS) is 24.3. The van der Waals surface area contributed by atoms with Crippen LogP contribution in [0.5, 0.6) is 0 Å². The van der Waals surface area contributed by atoms with Crippen molar-refractivity contribution in [1.82, 2.24) is 10.2 Å². The number of aliphatic hydroxyl groups is 1. The van der Waals surface area contributed by atoms with Gasteiger partial charge in [0, 0.05) is 19.6 Å². The van der Waals surface area contributed by atoms with Gasteiger partial charge in [-0.05, 0) is 50.6 Å². The SMILES string of the molecule is CC(C)CNCC1(CN(C)CC2(O)CCCC2)CCCC1. The van der Waals surface area contributed by atoms with Gasteiger partial charge in [-0.3, -0.25) is 0 Å². The van der Waals surface area contributed by atoms with Crippen molar-refractivity contribution in [3.05, 3.63) is 0 Å². The molecule has 0 aromatic carbocycles. The number of likely N-dealkylation sites (N-methyl/N-ethyl adjacent to an activating group) is 1. The van der Waals surface area contributed by atoms with Crippen LogP contribution in [0.2, 0.25) is 0 Å². The first kappa shape index (κ1) is 17.2. The molecule has 2 saturated carbocycles. The molecule has 0 amide bonds. The predicted molar refractivity (Wildman–Crippen MR) is 89.5 cm³/mol. The summed E-state index contributed by atoms with van der Waals surface area (Å²) in [6.45, 7) is 8.81. The average Bonchev–Trinajstić information content (AvgIpc) is 2.99. The second kappa shape index (κ2) is 7.43. The summed E-state index contributed by atoms with van der Waals surface area (Å²) >= 11 is 0. The van der Waals surface area contributed by atoms with Crippen LogP contribution in [0.15, 0.2) is 0 Å². The van der Waals surface area contributed by atoms with E-state index in [0.29, 0.717) is 5.41 Å². The van der Waals surface area contributed by atoms with Gasteiger partial charge >= 0.3 is 0 Å². The van der Waals surface area contributed by atoms with Gasteiger partial charge in [-0.15, -0.1) is 0 Å². The van der Waals surface area contributed by atoms with Crippen molar-refractivity contribution in [2.45, 2.75) is 70.8 Å². The first-order valence-corrected chi connectivity index (χ1v) is 9.05. The maximum absolute atomic E-state index is 10.6. The zero-order valence-electron chi connectivity index (χ0n) is 14.5. The highest BCUT2D eigenvalue weighted by atomic mass is 16.3. The van der Waals surface area contributed by atoms with Crippen molar-refractivity contribution in [2.24, 2.45) is 11.3 Å². The van der Waals surface area contributed by atoms with E-state index in [4.69, 9.17) is 0 Å².